The van der Waals surface area contributed by atoms with Crippen LogP contribution in [0.1, 0.15) is 12.2 Å². The van der Waals surface area contributed by atoms with Gasteiger partial charge in [0.2, 0.25) is 0 Å². The number of nitrogens with zero attached hydrogens (tertiary/aromatic N) is 2. The van der Waals surface area contributed by atoms with Gasteiger partial charge in [-0.15, -0.1) is 0 Å². The fraction of sp³-hybridized carbons (Fsp3) is 0.375. The van der Waals surface area contributed by atoms with Crippen LogP contribution in [0.4, 0.5) is 5.69 Å². The number of β-amino-alcohol motifs (C(OH)–C–C–N with tert-alkyl or cyclic N) is 1. The van der Waals surface area contributed by atoms with Crippen LogP contribution in [0.25, 0.3) is 11.3 Å². The van der Waals surface area contributed by atoms with Crippen LogP contribution in [-0.2, 0) is 6.54 Å². The second kappa shape index (κ2) is 6.39. The number of likely N-dealkylation sites (tertiary alicyclic amines) is 1. The third-order valence-corrected chi connectivity index (χ3v) is 3.96. The molecule has 0 spiro atoms. The van der Waals surface area contributed by atoms with Gasteiger partial charge in [-0.2, -0.15) is 0 Å². The molecule has 2 aromatic rings. The molecule has 23 heavy (non-hydrogen) atoms. The molecule has 0 radical (unpaired) electrons. The van der Waals surface area contributed by atoms with Gasteiger partial charge in [-0.25, -0.2) is 0 Å². The number of ether oxygens (including phenoxy) is 1. The molecule has 2 heterocycles. The van der Waals surface area contributed by atoms with E-state index in [4.69, 9.17) is 9.15 Å². The van der Waals surface area contributed by atoms with Crippen LogP contribution in [0, 0.1) is 10.1 Å². The molecule has 0 saturated carbocycles. The number of nitro groups is 1. The van der Waals surface area contributed by atoms with Gasteiger partial charge < -0.3 is 14.3 Å². The van der Waals surface area contributed by atoms with Crippen LogP contribution in [0.5, 0.6) is 5.75 Å². The number of hydrogen-bond acceptors (Lipinski definition) is 6. The van der Waals surface area contributed by atoms with Crippen LogP contribution >= 0.6 is 0 Å². The van der Waals surface area contributed by atoms with Crippen molar-refractivity contribution in [3.8, 4) is 17.1 Å². The van der Waals surface area contributed by atoms with Crippen molar-refractivity contribution >= 4 is 5.69 Å². The molecule has 122 valence electrons. The summed E-state index contributed by atoms with van der Waals surface area (Å²) in [6.45, 7) is 2.03. The lowest BCUT2D eigenvalue weighted by Crippen LogP contribution is -2.21. The molecule has 1 atom stereocenters. The zero-order valence-corrected chi connectivity index (χ0v) is 12.8. The molecule has 7 nitrogen and oxygen atoms in total. The van der Waals surface area contributed by atoms with Crippen LogP contribution < -0.4 is 4.74 Å². The van der Waals surface area contributed by atoms with E-state index in [9.17, 15) is 15.2 Å². The molecular weight excluding hydrogens is 300 g/mol. The van der Waals surface area contributed by atoms with Gasteiger partial charge in [-0.05, 0) is 30.7 Å². The van der Waals surface area contributed by atoms with Crippen molar-refractivity contribution in [2.75, 3.05) is 20.2 Å². The molecule has 1 N–H and O–H groups in total. The van der Waals surface area contributed by atoms with Crippen molar-refractivity contribution in [2.45, 2.75) is 19.1 Å². The van der Waals surface area contributed by atoms with Crippen molar-refractivity contribution in [3.05, 3.63) is 46.2 Å². The van der Waals surface area contributed by atoms with Crippen LogP contribution in [-0.4, -0.2) is 41.2 Å². The lowest BCUT2D eigenvalue weighted by Gasteiger charge is -2.12. The van der Waals surface area contributed by atoms with Crippen molar-refractivity contribution in [1.29, 1.82) is 0 Å². The third-order valence-electron chi connectivity index (χ3n) is 3.96. The summed E-state index contributed by atoms with van der Waals surface area (Å²) in [6, 6.07) is 8.22. The maximum Gasteiger partial charge on any atom is 0.284 e. The Morgan fingerprint density at radius 3 is 2.91 bits per heavy atom. The van der Waals surface area contributed by atoms with E-state index < -0.39 is 4.92 Å². The molecule has 0 unspecified atom stereocenters. The summed E-state index contributed by atoms with van der Waals surface area (Å²) in [5, 5.41) is 20.8. The minimum Gasteiger partial charge on any atom is -0.497 e. The Morgan fingerprint density at radius 1 is 1.43 bits per heavy atom. The third kappa shape index (κ3) is 3.35. The van der Waals surface area contributed by atoms with E-state index in [1.54, 1.807) is 18.2 Å². The Balaban J connectivity index is 1.84. The normalized spacial score (nSPS) is 18.3. The molecule has 1 aliphatic heterocycles. The van der Waals surface area contributed by atoms with Crippen molar-refractivity contribution in [3.63, 3.8) is 0 Å². The molecule has 3 rings (SSSR count). The second-order valence-corrected chi connectivity index (χ2v) is 5.58. The standard InChI is InChI=1S/C16H18N2O5/c1-22-12-2-4-14(15(8-12)18(20)21)16-5-3-13(23-16)10-17-7-6-11(19)9-17/h2-5,8,11,19H,6-7,9-10H2,1H3/t11-/m1/s1. The lowest BCUT2D eigenvalue weighted by atomic mass is 10.1. The van der Waals surface area contributed by atoms with E-state index >= 15 is 0 Å². The van der Waals surface area contributed by atoms with Gasteiger partial charge in [-0.1, -0.05) is 0 Å². The summed E-state index contributed by atoms with van der Waals surface area (Å²) in [6.07, 6.45) is 0.476. The highest BCUT2D eigenvalue weighted by Gasteiger charge is 2.23. The molecule has 1 aromatic heterocycles. The smallest absolute Gasteiger partial charge is 0.284 e. The van der Waals surface area contributed by atoms with Crippen molar-refractivity contribution in [2.24, 2.45) is 0 Å². The lowest BCUT2D eigenvalue weighted by molar-refractivity contribution is -0.384. The second-order valence-electron chi connectivity index (χ2n) is 5.58. The Kier molecular flexibility index (Phi) is 4.31. The molecular formula is C16H18N2O5. The maximum absolute atomic E-state index is 11.3. The van der Waals surface area contributed by atoms with Gasteiger partial charge >= 0.3 is 0 Å². The highest BCUT2D eigenvalue weighted by atomic mass is 16.6. The largest absolute Gasteiger partial charge is 0.497 e. The predicted octanol–water partition coefficient (Wildman–Crippen LogP) is 2.43. The SMILES string of the molecule is COc1ccc(-c2ccc(CN3CC[C@@H](O)C3)o2)c([N+](=O)[O-])c1. The summed E-state index contributed by atoms with van der Waals surface area (Å²) in [5.41, 5.74) is 0.366. The fourth-order valence-corrected chi connectivity index (χ4v) is 2.78. The van der Waals surface area contributed by atoms with Crippen LogP contribution in [0.15, 0.2) is 34.7 Å². The van der Waals surface area contributed by atoms with Gasteiger partial charge in [0.25, 0.3) is 5.69 Å². The Morgan fingerprint density at radius 2 is 2.26 bits per heavy atom. The van der Waals surface area contributed by atoms with Gasteiger partial charge in [-0.3, -0.25) is 15.0 Å². The minimum absolute atomic E-state index is 0.0538. The molecule has 0 aliphatic carbocycles. The molecule has 1 aromatic carbocycles. The Labute approximate surface area is 133 Å². The fourth-order valence-electron chi connectivity index (χ4n) is 2.78. The summed E-state index contributed by atoms with van der Waals surface area (Å²) in [7, 11) is 1.47. The molecule has 1 fully saturated rings. The van der Waals surface area contributed by atoms with Crippen LogP contribution in [0.3, 0.4) is 0 Å². The molecule has 0 bridgehead atoms. The number of aliphatic hydroxyl groups is 1. The number of nitro benzene ring substituents is 1. The molecule has 1 saturated heterocycles. The number of furan rings is 1. The summed E-state index contributed by atoms with van der Waals surface area (Å²) in [5.74, 6) is 1.60. The van der Waals surface area contributed by atoms with E-state index in [-0.39, 0.29) is 11.8 Å². The van der Waals surface area contributed by atoms with E-state index in [1.807, 2.05) is 6.07 Å². The first-order valence-corrected chi connectivity index (χ1v) is 7.39. The first-order valence-electron chi connectivity index (χ1n) is 7.39. The minimum atomic E-state index is -0.448. The molecule has 1 aliphatic rings. The van der Waals surface area contributed by atoms with E-state index in [1.165, 1.54) is 13.2 Å². The highest BCUT2D eigenvalue weighted by molar-refractivity contribution is 5.71. The number of benzene rings is 1. The molecule has 7 heteroatoms. The number of methoxy groups -OCH3 is 1. The van der Waals surface area contributed by atoms with Gasteiger partial charge in [0, 0.05) is 13.1 Å². The van der Waals surface area contributed by atoms with Crippen molar-refractivity contribution < 1.29 is 19.2 Å². The first-order chi connectivity index (χ1) is 11.1. The van der Waals surface area contributed by atoms with E-state index in [2.05, 4.69) is 4.90 Å². The average Bonchev–Trinajstić information content (AvgIpc) is 3.16. The van der Waals surface area contributed by atoms with E-state index in [0.717, 1.165) is 18.7 Å². The zero-order chi connectivity index (χ0) is 16.4. The summed E-state index contributed by atoms with van der Waals surface area (Å²) >= 11 is 0. The van der Waals surface area contributed by atoms with Crippen molar-refractivity contribution in [1.82, 2.24) is 4.90 Å². The highest BCUT2D eigenvalue weighted by Crippen LogP contribution is 2.34. The molecule has 0 amide bonds. The number of aliphatic hydroxyl groups excluding tert-OH is 1. The monoisotopic (exact) mass is 318 g/mol. The maximum atomic E-state index is 11.3. The Hall–Kier alpha value is -2.38. The predicted molar refractivity (Wildman–Crippen MR) is 83.3 cm³/mol. The van der Waals surface area contributed by atoms with Gasteiger partial charge in [0.15, 0.2) is 0 Å². The summed E-state index contributed by atoms with van der Waals surface area (Å²) < 4.78 is 10.8. The Bertz CT molecular complexity index is 712. The average molecular weight is 318 g/mol. The number of hydrogen-bond donors (Lipinski definition) is 1. The zero-order valence-electron chi connectivity index (χ0n) is 12.8. The number of rotatable bonds is 5. The van der Waals surface area contributed by atoms with Gasteiger partial charge in [0.1, 0.15) is 17.3 Å². The first kappa shape index (κ1) is 15.5. The van der Waals surface area contributed by atoms with E-state index in [0.29, 0.717) is 30.2 Å². The van der Waals surface area contributed by atoms with Crippen LogP contribution in [0.2, 0.25) is 0 Å². The topological polar surface area (TPSA) is 89.0 Å². The quantitative estimate of drug-likeness (QED) is 0.673. The van der Waals surface area contributed by atoms with Gasteiger partial charge in [0.05, 0.1) is 36.3 Å². The summed E-state index contributed by atoms with van der Waals surface area (Å²) in [4.78, 5) is 12.9.